The lowest BCUT2D eigenvalue weighted by atomic mass is 10.2. The van der Waals surface area contributed by atoms with Gasteiger partial charge in [-0.25, -0.2) is 40.1 Å². The molecule has 0 atom stereocenters. The first-order valence-electron chi connectivity index (χ1n) is 7.42. The summed E-state index contributed by atoms with van der Waals surface area (Å²) in [6.07, 6.45) is 4.38. The molecule has 0 saturated carbocycles. The minimum absolute atomic E-state index is 0.103. The molecule has 1 N–H and O–H groups in total. The number of nitrogens with zero attached hydrogens (tertiary/aromatic N) is 2. The van der Waals surface area contributed by atoms with Crippen LogP contribution in [-0.4, -0.2) is 18.0 Å². The summed E-state index contributed by atoms with van der Waals surface area (Å²) in [6.45, 7) is -0.588. The van der Waals surface area contributed by atoms with Crippen LogP contribution in [0.3, 0.4) is 0 Å². The minimum Gasteiger partial charge on any atom is -0.306 e. The fourth-order valence-corrected chi connectivity index (χ4v) is 3.79. The van der Waals surface area contributed by atoms with E-state index in [9.17, 15) is 30.4 Å². The van der Waals surface area contributed by atoms with Crippen LogP contribution in [-0.2, 0) is 16.6 Å². The Hall–Kier alpha value is -2.50. The van der Waals surface area contributed by atoms with E-state index in [1.807, 2.05) is 4.72 Å². The predicted molar refractivity (Wildman–Crippen MR) is 88.8 cm³/mol. The second-order valence-corrected chi connectivity index (χ2v) is 7.54. The molecule has 0 aliphatic heterocycles. The van der Waals surface area contributed by atoms with E-state index in [-0.39, 0.29) is 10.6 Å². The van der Waals surface area contributed by atoms with Gasteiger partial charge in [0.05, 0.1) is 12.0 Å². The molecule has 0 radical (unpaired) electrons. The van der Waals surface area contributed by atoms with Gasteiger partial charge in [-0.15, -0.1) is 0 Å². The van der Waals surface area contributed by atoms with Gasteiger partial charge in [0, 0.05) is 29.5 Å². The van der Waals surface area contributed by atoms with Crippen molar-refractivity contribution < 1.29 is 30.4 Å². The van der Waals surface area contributed by atoms with E-state index in [1.54, 1.807) is 12.1 Å². The normalized spacial score (nSPS) is 11.8. The molecule has 3 aromatic rings. The zero-order valence-electron chi connectivity index (χ0n) is 13.6. The second kappa shape index (κ2) is 7.49. The maximum atomic E-state index is 13.8. The van der Waals surface area contributed by atoms with Gasteiger partial charge in [0.1, 0.15) is 0 Å². The fourth-order valence-electron chi connectivity index (χ4n) is 2.43. The average Bonchev–Trinajstić information content (AvgIpc) is 3.18. The molecule has 0 aliphatic rings. The van der Waals surface area contributed by atoms with E-state index in [0.29, 0.717) is 5.69 Å². The third-order valence-corrected chi connectivity index (χ3v) is 5.53. The highest BCUT2D eigenvalue weighted by molar-refractivity contribution is 7.89. The van der Waals surface area contributed by atoms with Crippen molar-refractivity contribution in [3.05, 3.63) is 76.6 Å². The van der Waals surface area contributed by atoms with Gasteiger partial charge >= 0.3 is 0 Å². The summed E-state index contributed by atoms with van der Waals surface area (Å²) in [5.74, 6) is -12.1. The molecule has 0 spiro atoms. The van der Waals surface area contributed by atoms with Gasteiger partial charge in [0.25, 0.3) is 0 Å². The van der Waals surface area contributed by atoms with E-state index in [4.69, 9.17) is 11.6 Å². The van der Waals surface area contributed by atoms with Crippen molar-refractivity contribution in [1.82, 2.24) is 14.3 Å². The summed E-state index contributed by atoms with van der Waals surface area (Å²) in [5.41, 5.74) is 0.583. The Labute approximate surface area is 160 Å². The van der Waals surface area contributed by atoms with E-state index in [1.165, 1.54) is 29.4 Å². The molecule has 0 saturated heterocycles. The third-order valence-electron chi connectivity index (χ3n) is 3.75. The van der Waals surface area contributed by atoms with Crippen LogP contribution in [0, 0.1) is 29.1 Å². The van der Waals surface area contributed by atoms with Crippen LogP contribution in [0.15, 0.2) is 41.8 Å². The summed E-state index contributed by atoms with van der Waals surface area (Å²) in [5, 5.41) is 0.103. The van der Waals surface area contributed by atoms with Crippen molar-refractivity contribution in [1.29, 1.82) is 0 Å². The molecule has 3 rings (SSSR count). The van der Waals surface area contributed by atoms with E-state index in [0.717, 1.165) is 0 Å². The van der Waals surface area contributed by atoms with Crippen molar-refractivity contribution in [2.24, 2.45) is 0 Å². The van der Waals surface area contributed by atoms with Crippen molar-refractivity contribution in [3.8, 4) is 5.69 Å². The molecule has 0 unspecified atom stereocenters. The Morgan fingerprint density at radius 3 is 2.18 bits per heavy atom. The summed E-state index contributed by atoms with van der Waals surface area (Å²) in [6, 6.07) is 4.57. The number of nitrogens with one attached hydrogen (secondary N) is 1. The Bertz CT molecular complexity index is 1120. The van der Waals surface area contributed by atoms with Crippen LogP contribution in [0.2, 0.25) is 5.02 Å². The van der Waals surface area contributed by atoms with Crippen molar-refractivity contribution in [2.75, 3.05) is 0 Å². The molecule has 0 bridgehead atoms. The van der Waals surface area contributed by atoms with Crippen LogP contribution < -0.4 is 4.72 Å². The monoisotopic (exact) mass is 437 g/mol. The van der Waals surface area contributed by atoms with E-state index < -0.39 is 50.5 Å². The first-order chi connectivity index (χ1) is 13.1. The summed E-state index contributed by atoms with van der Waals surface area (Å²) in [7, 11) is -5.11. The largest absolute Gasteiger partial charge is 0.306 e. The van der Waals surface area contributed by atoms with Gasteiger partial charge in [0.15, 0.2) is 28.2 Å². The lowest BCUT2D eigenvalue weighted by Crippen LogP contribution is -2.27. The van der Waals surface area contributed by atoms with E-state index >= 15 is 0 Å². The molecule has 12 heteroatoms. The predicted octanol–water partition coefficient (Wildman–Crippen LogP) is 3.70. The average molecular weight is 438 g/mol. The first-order valence-corrected chi connectivity index (χ1v) is 9.28. The van der Waals surface area contributed by atoms with Gasteiger partial charge in [-0.2, -0.15) is 0 Å². The number of sulfonamides is 1. The zero-order valence-corrected chi connectivity index (χ0v) is 15.1. The van der Waals surface area contributed by atoms with Crippen LogP contribution in [0.1, 0.15) is 5.56 Å². The second-order valence-electron chi connectivity index (χ2n) is 5.43. The Balaban J connectivity index is 2.01. The molecule has 28 heavy (non-hydrogen) atoms. The van der Waals surface area contributed by atoms with Crippen LogP contribution >= 0.6 is 11.6 Å². The summed E-state index contributed by atoms with van der Waals surface area (Å²) >= 11 is 6.07. The quantitative estimate of drug-likeness (QED) is 0.376. The summed E-state index contributed by atoms with van der Waals surface area (Å²) < 4.78 is 95.3. The molecule has 1 heterocycles. The molecular formula is C16H9ClF5N3O2S. The number of hydrogen-bond acceptors (Lipinski definition) is 3. The van der Waals surface area contributed by atoms with Crippen molar-refractivity contribution in [2.45, 2.75) is 11.4 Å². The van der Waals surface area contributed by atoms with Crippen LogP contribution in [0.25, 0.3) is 5.69 Å². The molecule has 0 fully saturated rings. The number of benzene rings is 2. The highest BCUT2D eigenvalue weighted by Crippen LogP contribution is 2.28. The third kappa shape index (κ3) is 3.48. The Morgan fingerprint density at radius 2 is 1.61 bits per heavy atom. The molecule has 5 nitrogen and oxygen atoms in total. The molecule has 0 aliphatic carbocycles. The molecule has 148 valence electrons. The number of hydrogen-bond donors (Lipinski definition) is 1. The fraction of sp³-hybridized carbons (Fsp3) is 0.0625. The molecule has 1 aromatic heterocycles. The maximum Gasteiger partial charge on any atom is 0.246 e. The summed E-state index contributed by atoms with van der Waals surface area (Å²) in [4.78, 5) is 1.87. The Kier molecular flexibility index (Phi) is 5.41. The number of halogens is 6. The van der Waals surface area contributed by atoms with Crippen molar-refractivity contribution >= 4 is 21.6 Å². The lowest BCUT2D eigenvalue weighted by molar-refractivity contribution is 0.357. The van der Waals surface area contributed by atoms with Crippen LogP contribution in [0.4, 0.5) is 22.0 Å². The molecular weight excluding hydrogens is 429 g/mol. The smallest absolute Gasteiger partial charge is 0.246 e. The highest BCUT2D eigenvalue weighted by atomic mass is 35.5. The maximum absolute atomic E-state index is 13.8. The van der Waals surface area contributed by atoms with Gasteiger partial charge < -0.3 is 4.57 Å². The lowest BCUT2D eigenvalue weighted by Gasteiger charge is -2.14. The standard InChI is InChI=1S/C16H9ClF5N3O2S/c17-9-2-1-3-10(25-5-4-23-7-25)8(9)6-24-28(26,27)16-14(21)12(19)11(18)13(20)15(16)22/h1-5,7,24H,6H2. The zero-order chi connectivity index (χ0) is 20.6. The van der Waals surface area contributed by atoms with Crippen molar-refractivity contribution in [3.63, 3.8) is 0 Å². The van der Waals surface area contributed by atoms with Gasteiger partial charge in [-0.1, -0.05) is 17.7 Å². The van der Waals surface area contributed by atoms with Gasteiger partial charge in [-0.3, -0.25) is 0 Å². The SMILES string of the molecule is O=S(=O)(NCc1c(Cl)cccc1-n1ccnc1)c1c(F)c(F)c(F)c(F)c1F. The number of imidazole rings is 1. The van der Waals surface area contributed by atoms with E-state index in [2.05, 4.69) is 4.98 Å². The number of rotatable bonds is 5. The highest BCUT2D eigenvalue weighted by Gasteiger charge is 2.33. The molecule has 0 amide bonds. The minimum atomic E-state index is -5.11. The number of aromatic nitrogens is 2. The van der Waals surface area contributed by atoms with Gasteiger partial charge in [-0.05, 0) is 12.1 Å². The van der Waals surface area contributed by atoms with Gasteiger partial charge in [0.2, 0.25) is 15.8 Å². The molecule has 2 aromatic carbocycles. The first kappa shape index (κ1) is 20.2. The Morgan fingerprint density at radius 1 is 1.00 bits per heavy atom. The van der Waals surface area contributed by atoms with Crippen LogP contribution in [0.5, 0.6) is 0 Å². The topological polar surface area (TPSA) is 64.0 Å².